The molecule has 7 nitrogen and oxygen atoms in total. The van der Waals surface area contributed by atoms with Crippen LogP contribution in [0.2, 0.25) is 0 Å². The standard InChI is InChI=1S/C10H16N4O3/c1-3-5-6-11-10(15)9-8(14(16)17)7-12-13(9)4-2/h7H,3-6H2,1-2H3,(H,11,15). The van der Waals surface area contributed by atoms with Crippen molar-refractivity contribution in [3.8, 4) is 0 Å². The predicted molar refractivity (Wildman–Crippen MR) is 61.8 cm³/mol. The van der Waals surface area contributed by atoms with Gasteiger partial charge in [0.15, 0.2) is 0 Å². The van der Waals surface area contributed by atoms with E-state index in [0.717, 1.165) is 19.0 Å². The van der Waals surface area contributed by atoms with E-state index in [1.54, 1.807) is 6.92 Å². The van der Waals surface area contributed by atoms with Gasteiger partial charge in [0.25, 0.3) is 5.91 Å². The molecule has 1 N–H and O–H groups in total. The first kappa shape index (κ1) is 13.1. The number of hydrogen-bond donors (Lipinski definition) is 1. The summed E-state index contributed by atoms with van der Waals surface area (Å²) >= 11 is 0. The van der Waals surface area contributed by atoms with E-state index >= 15 is 0 Å². The predicted octanol–water partition coefficient (Wildman–Crippen LogP) is 1.34. The van der Waals surface area contributed by atoms with Gasteiger partial charge in [-0.3, -0.25) is 19.6 Å². The van der Waals surface area contributed by atoms with E-state index in [1.807, 2.05) is 6.92 Å². The number of unbranched alkanes of at least 4 members (excludes halogenated alkanes) is 1. The van der Waals surface area contributed by atoms with E-state index in [-0.39, 0.29) is 11.4 Å². The van der Waals surface area contributed by atoms with Crippen LogP contribution in [0, 0.1) is 10.1 Å². The SMILES string of the molecule is CCCCNC(=O)c1c([N+](=O)[O-])cnn1CC. The molecule has 0 saturated carbocycles. The fourth-order valence-corrected chi connectivity index (χ4v) is 1.44. The molecule has 1 amide bonds. The molecule has 1 rings (SSSR count). The molecule has 1 aromatic heterocycles. The average Bonchev–Trinajstić information content (AvgIpc) is 2.72. The molecule has 0 fully saturated rings. The Morgan fingerprint density at radius 1 is 1.59 bits per heavy atom. The summed E-state index contributed by atoms with van der Waals surface area (Å²) in [6.07, 6.45) is 2.91. The average molecular weight is 240 g/mol. The zero-order valence-corrected chi connectivity index (χ0v) is 9.97. The van der Waals surface area contributed by atoms with Gasteiger partial charge < -0.3 is 5.32 Å². The monoisotopic (exact) mass is 240 g/mol. The molecule has 1 aromatic rings. The number of hydrogen-bond acceptors (Lipinski definition) is 4. The largest absolute Gasteiger partial charge is 0.350 e. The van der Waals surface area contributed by atoms with Gasteiger partial charge >= 0.3 is 5.69 Å². The van der Waals surface area contributed by atoms with Crippen LogP contribution in [-0.2, 0) is 6.54 Å². The molecule has 0 radical (unpaired) electrons. The third-order valence-electron chi connectivity index (χ3n) is 2.35. The van der Waals surface area contributed by atoms with Gasteiger partial charge in [-0.2, -0.15) is 5.10 Å². The van der Waals surface area contributed by atoms with Gasteiger partial charge in [0.2, 0.25) is 5.69 Å². The summed E-state index contributed by atoms with van der Waals surface area (Å²) in [6.45, 7) is 4.72. The molecule has 94 valence electrons. The highest BCUT2D eigenvalue weighted by atomic mass is 16.6. The fourth-order valence-electron chi connectivity index (χ4n) is 1.44. The van der Waals surface area contributed by atoms with Gasteiger partial charge in [-0.25, -0.2) is 0 Å². The van der Waals surface area contributed by atoms with Crippen LogP contribution < -0.4 is 5.32 Å². The van der Waals surface area contributed by atoms with Crippen LogP contribution in [0.4, 0.5) is 5.69 Å². The maximum Gasteiger partial charge on any atom is 0.320 e. The van der Waals surface area contributed by atoms with Crippen molar-refractivity contribution in [2.24, 2.45) is 0 Å². The minimum Gasteiger partial charge on any atom is -0.350 e. The molecule has 0 atom stereocenters. The highest BCUT2D eigenvalue weighted by Crippen LogP contribution is 2.17. The molecular weight excluding hydrogens is 224 g/mol. The molecule has 0 aliphatic heterocycles. The topological polar surface area (TPSA) is 90.1 Å². The van der Waals surface area contributed by atoms with Gasteiger partial charge in [-0.15, -0.1) is 0 Å². The molecule has 0 spiro atoms. The zero-order chi connectivity index (χ0) is 12.8. The van der Waals surface area contributed by atoms with Gasteiger partial charge in [0.05, 0.1) is 4.92 Å². The molecule has 17 heavy (non-hydrogen) atoms. The lowest BCUT2D eigenvalue weighted by Gasteiger charge is -2.05. The molecule has 0 bridgehead atoms. The Morgan fingerprint density at radius 3 is 2.82 bits per heavy atom. The maximum absolute atomic E-state index is 11.8. The first-order chi connectivity index (χ1) is 8.11. The van der Waals surface area contributed by atoms with Crippen LogP contribution in [0.15, 0.2) is 6.20 Å². The Kier molecular flexibility index (Phi) is 4.62. The molecular formula is C10H16N4O3. The number of nitrogens with zero attached hydrogens (tertiary/aromatic N) is 3. The number of carbonyl (C=O) groups excluding carboxylic acids is 1. The molecule has 7 heteroatoms. The van der Waals surface area contributed by atoms with Crippen LogP contribution in [0.5, 0.6) is 0 Å². The summed E-state index contributed by atoms with van der Waals surface area (Å²) < 4.78 is 1.33. The molecule has 1 heterocycles. The molecule has 0 aliphatic carbocycles. The number of nitrogens with one attached hydrogen (secondary N) is 1. The van der Waals surface area contributed by atoms with E-state index in [1.165, 1.54) is 4.68 Å². The fraction of sp³-hybridized carbons (Fsp3) is 0.600. The van der Waals surface area contributed by atoms with Gasteiger partial charge in [0, 0.05) is 13.1 Å². The minimum atomic E-state index is -0.589. The number of aromatic nitrogens is 2. The second kappa shape index (κ2) is 5.97. The summed E-state index contributed by atoms with van der Waals surface area (Å²) in [4.78, 5) is 22.0. The molecule has 0 aliphatic rings. The Labute approximate surface area is 99.0 Å². The quantitative estimate of drug-likeness (QED) is 0.461. The van der Waals surface area contributed by atoms with E-state index in [0.29, 0.717) is 13.1 Å². The minimum absolute atomic E-state index is 0.0219. The number of amides is 1. The Hall–Kier alpha value is -1.92. The number of rotatable bonds is 6. The third-order valence-corrected chi connectivity index (χ3v) is 2.35. The molecule has 0 saturated heterocycles. The summed E-state index contributed by atoms with van der Waals surface area (Å²) in [5.74, 6) is -0.440. The van der Waals surface area contributed by atoms with Crippen LogP contribution in [0.3, 0.4) is 0 Å². The Bertz CT molecular complexity index is 414. The van der Waals surface area contributed by atoms with E-state index in [4.69, 9.17) is 0 Å². The van der Waals surface area contributed by atoms with Crippen molar-refractivity contribution in [1.82, 2.24) is 15.1 Å². The van der Waals surface area contributed by atoms with Gasteiger partial charge in [0.1, 0.15) is 6.20 Å². The second-order valence-corrected chi connectivity index (χ2v) is 3.56. The lowest BCUT2D eigenvalue weighted by atomic mass is 10.3. The van der Waals surface area contributed by atoms with Crippen LogP contribution in [-0.4, -0.2) is 27.2 Å². The summed E-state index contributed by atoms with van der Waals surface area (Å²) in [7, 11) is 0. The number of aryl methyl sites for hydroxylation is 1. The smallest absolute Gasteiger partial charge is 0.320 e. The van der Waals surface area contributed by atoms with E-state index in [2.05, 4.69) is 10.4 Å². The third kappa shape index (κ3) is 3.02. The zero-order valence-electron chi connectivity index (χ0n) is 9.97. The van der Waals surface area contributed by atoms with Crippen LogP contribution >= 0.6 is 0 Å². The van der Waals surface area contributed by atoms with Gasteiger partial charge in [-0.05, 0) is 13.3 Å². The van der Waals surface area contributed by atoms with Crippen molar-refractivity contribution < 1.29 is 9.72 Å². The van der Waals surface area contributed by atoms with Crippen molar-refractivity contribution in [2.45, 2.75) is 33.2 Å². The summed E-state index contributed by atoms with van der Waals surface area (Å²) in [5.41, 5.74) is -0.227. The van der Waals surface area contributed by atoms with E-state index in [9.17, 15) is 14.9 Å². The number of carbonyl (C=O) groups is 1. The second-order valence-electron chi connectivity index (χ2n) is 3.56. The van der Waals surface area contributed by atoms with Crippen molar-refractivity contribution >= 4 is 11.6 Å². The maximum atomic E-state index is 11.8. The number of nitro groups is 1. The van der Waals surface area contributed by atoms with Crippen LogP contribution in [0.1, 0.15) is 37.2 Å². The lowest BCUT2D eigenvalue weighted by Crippen LogP contribution is -2.27. The first-order valence-corrected chi connectivity index (χ1v) is 5.60. The summed E-state index contributed by atoms with van der Waals surface area (Å²) in [5, 5.41) is 17.2. The van der Waals surface area contributed by atoms with E-state index < -0.39 is 10.8 Å². The molecule has 0 unspecified atom stereocenters. The van der Waals surface area contributed by atoms with Gasteiger partial charge in [-0.1, -0.05) is 13.3 Å². The molecule has 0 aromatic carbocycles. The summed E-state index contributed by atoms with van der Waals surface area (Å²) in [6, 6.07) is 0. The Balaban J connectivity index is 2.89. The normalized spacial score (nSPS) is 10.2. The lowest BCUT2D eigenvalue weighted by molar-refractivity contribution is -0.385. The Morgan fingerprint density at radius 2 is 2.29 bits per heavy atom. The van der Waals surface area contributed by atoms with Crippen molar-refractivity contribution in [3.05, 3.63) is 22.0 Å². The highest BCUT2D eigenvalue weighted by Gasteiger charge is 2.25. The van der Waals surface area contributed by atoms with Crippen molar-refractivity contribution in [3.63, 3.8) is 0 Å². The van der Waals surface area contributed by atoms with Crippen LogP contribution in [0.25, 0.3) is 0 Å². The van der Waals surface area contributed by atoms with Crippen molar-refractivity contribution in [1.29, 1.82) is 0 Å². The highest BCUT2D eigenvalue weighted by molar-refractivity contribution is 5.96. The first-order valence-electron chi connectivity index (χ1n) is 5.60. The van der Waals surface area contributed by atoms with Crippen molar-refractivity contribution in [2.75, 3.05) is 6.54 Å².